The van der Waals surface area contributed by atoms with Crippen molar-refractivity contribution in [3.8, 4) is 11.1 Å². The number of nitrogens with one attached hydrogen (secondary N) is 1. The van der Waals surface area contributed by atoms with Crippen molar-refractivity contribution in [2.24, 2.45) is 5.10 Å². The maximum absolute atomic E-state index is 12.2. The van der Waals surface area contributed by atoms with Crippen molar-refractivity contribution in [2.75, 3.05) is 20.1 Å². The summed E-state index contributed by atoms with van der Waals surface area (Å²) in [7, 11) is 2.10. The summed E-state index contributed by atoms with van der Waals surface area (Å²) < 4.78 is 0. The number of amides is 1. The van der Waals surface area contributed by atoms with Gasteiger partial charge in [-0.2, -0.15) is 5.10 Å². The molecule has 1 N–H and O–H groups in total. The van der Waals surface area contributed by atoms with Crippen molar-refractivity contribution in [1.82, 2.24) is 10.3 Å². The number of benzene rings is 2. The van der Waals surface area contributed by atoms with E-state index in [4.69, 9.17) is 0 Å². The number of hydrogen-bond donors (Lipinski definition) is 1. The molecule has 4 heteroatoms. The van der Waals surface area contributed by atoms with Crippen LogP contribution in [0.4, 0.5) is 0 Å². The van der Waals surface area contributed by atoms with Gasteiger partial charge in [0.2, 0.25) is 0 Å². The molecule has 0 bridgehead atoms. The zero-order valence-corrected chi connectivity index (χ0v) is 13.3. The molecule has 0 unspecified atom stereocenters. The minimum atomic E-state index is -0.156. The number of hydrogen-bond acceptors (Lipinski definition) is 3. The highest BCUT2D eigenvalue weighted by Crippen LogP contribution is 2.19. The van der Waals surface area contributed by atoms with Gasteiger partial charge >= 0.3 is 0 Å². The van der Waals surface area contributed by atoms with Crippen LogP contribution in [-0.2, 0) is 0 Å². The second kappa shape index (κ2) is 7.20. The van der Waals surface area contributed by atoms with E-state index in [-0.39, 0.29) is 5.91 Å². The van der Waals surface area contributed by atoms with Crippen molar-refractivity contribution in [3.05, 3.63) is 60.2 Å². The van der Waals surface area contributed by atoms with Gasteiger partial charge < -0.3 is 4.90 Å². The number of carbonyl (C=O) groups excluding carboxylic acids is 1. The maximum atomic E-state index is 12.2. The summed E-state index contributed by atoms with van der Waals surface area (Å²) in [5.74, 6) is -0.156. The van der Waals surface area contributed by atoms with Gasteiger partial charge in [0.15, 0.2) is 0 Å². The second-order valence-electron chi connectivity index (χ2n) is 5.87. The third-order valence-electron chi connectivity index (χ3n) is 4.13. The predicted octanol–water partition coefficient (Wildman–Crippen LogP) is 3.17. The van der Waals surface area contributed by atoms with Crippen LogP contribution >= 0.6 is 0 Å². The van der Waals surface area contributed by atoms with Gasteiger partial charge in [0, 0.05) is 37.2 Å². The van der Waals surface area contributed by atoms with Crippen LogP contribution in [0.25, 0.3) is 11.1 Å². The van der Waals surface area contributed by atoms with E-state index in [1.54, 1.807) is 0 Å². The molecule has 1 amide bonds. The lowest BCUT2D eigenvalue weighted by Crippen LogP contribution is -2.32. The molecule has 1 heterocycles. The molecular weight excluding hydrogens is 286 g/mol. The molecule has 0 aromatic heterocycles. The van der Waals surface area contributed by atoms with Gasteiger partial charge in [-0.15, -0.1) is 0 Å². The van der Waals surface area contributed by atoms with Crippen LogP contribution in [0.5, 0.6) is 0 Å². The summed E-state index contributed by atoms with van der Waals surface area (Å²) in [6.45, 7) is 2.00. The third kappa shape index (κ3) is 4.05. The van der Waals surface area contributed by atoms with Crippen LogP contribution in [-0.4, -0.2) is 36.7 Å². The van der Waals surface area contributed by atoms with Crippen LogP contribution in [0, 0.1) is 0 Å². The molecule has 23 heavy (non-hydrogen) atoms. The van der Waals surface area contributed by atoms with E-state index in [0.717, 1.165) is 42.8 Å². The van der Waals surface area contributed by atoms with E-state index in [1.807, 2.05) is 42.5 Å². The molecule has 1 fully saturated rings. The Kier molecular flexibility index (Phi) is 4.83. The number of rotatable bonds is 3. The summed E-state index contributed by atoms with van der Waals surface area (Å²) in [6.07, 6.45) is 1.84. The lowest BCUT2D eigenvalue weighted by atomic mass is 10.0. The topological polar surface area (TPSA) is 44.7 Å². The Hall–Kier alpha value is -2.46. The van der Waals surface area contributed by atoms with Crippen molar-refractivity contribution in [1.29, 1.82) is 0 Å². The fourth-order valence-corrected chi connectivity index (χ4v) is 2.63. The van der Waals surface area contributed by atoms with E-state index in [0.29, 0.717) is 5.56 Å². The number of nitrogens with zero attached hydrogens (tertiary/aromatic N) is 2. The first-order chi connectivity index (χ1) is 11.2. The van der Waals surface area contributed by atoms with E-state index in [9.17, 15) is 4.79 Å². The monoisotopic (exact) mass is 307 g/mol. The van der Waals surface area contributed by atoms with Crippen LogP contribution < -0.4 is 5.43 Å². The number of carbonyl (C=O) groups is 1. The Labute approximate surface area is 136 Å². The van der Waals surface area contributed by atoms with Crippen LogP contribution in [0.2, 0.25) is 0 Å². The zero-order chi connectivity index (χ0) is 16.1. The lowest BCUT2D eigenvalue weighted by Gasteiger charge is -2.22. The van der Waals surface area contributed by atoms with Gasteiger partial charge in [0.05, 0.1) is 0 Å². The summed E-state index contributed by atoms with van der Waals surface area (Å²) in [4.78, 5) is 14.4. The predicted molar refractivity (Wildman–Crippen MR) is 93.5 cm³/mol. The van der Waals surface area contributed by atoms with Crippen molar-refractivity contribution < 1.29 is 4.79 Å². The highest BCUT2D eigenvalue weighted by Gasteiger charge is 2.12. The van der Waals surface area contributed by atoms with E-state index >= 15 is 0 Å². The molecular formula is C19H21N3O. The number of piperidine rings is 1. The van der Waals surface area contributed by atoms with Crippen molar-refractivity contribution in [3.63, 3.8) is 0 Å². The first-order valence-electron chi connectivity index (χ1n) is 7.92. The van der Waals surface area contributed by atoms with Crippen molar-refractivity contribution in [2.45, 2.75) is 12.8 Å². The molecule has 1 aliphatic rings. The lowest BCUT2D eigenvalue weighted by molar-refractivity contribution is 0.0954. The van der Waals surface area contributed by atoms with Gasteiger partial charge in [-0.3, -0.25) is 4.79 Å². The van der Waals surface area contributed by atoms with Gasteiger partial charge in [0.25, 0.3) is 5.91 Å². The number of hydrazone groups is 1. The van der Waals surface area contributed by atoms with Gasteiger partial charge in [0.1, 0.15) is 0 Å². The second-order valence-corrected chi connectivity index (χ2v) is 5.87. The Bertz CT molecular complexity index is 682. The molecule has 1 aliphatic heterocycles. The molecule has 0 aliphatic carbocycles. The largest absolute Gasteiger partial charge is 0.306 e. The highest BCUT2D eigenvalue weighted by molar-refractivity contribution is 5.96. The molecule has 0 atom stereocenters. The zero-order valence-electron chi connectivity index (χ0n) is 13.3. The Morgan fingerprint density at radius 1 is 0.957 bits per heavy atom. The first-order valence-corrected chi connectivity index (χ1v) is 7.92. The molecule has 0 radical (unpaired) electrons. The number of likely N-dealkylation sites (tertiary alicyclic amines) is 1. The van der Waals surface area contributed by atoms with E-state index in [1.165, 1.54) is 0 Å². The first kappa shape index (κ1) is 15.4. The van der Waals surface area contributed by atoms with Gasteiger partial charge in [-0.25, -0.2) is 5.43 Å². The summed E-state index contributed by atoms with van der Waals surface area (Å²) in [5.41, 5.74) is 6.61. The highest BCUT2D eigenvalue weighted by atomic mass is 16.2. The quantitative estimate of drug-likeness (QED) is 0.885. The molecule has 0 spiro atoms. The fraction of sp³-hybridized carbons (Fsp3) is 0.263. The minimum absolute atomic E-state index is 0.156. The molecule has 0 saturated carbocycles. The molecule has 3 rings (SSSR count). The molecule has 4 nitrogen and oxygen atoms in total. The average molecular weight is 307 g/mol. The van der Waals surface area contributed by atoms with Crippen LogP contribution in [0.1, 0.15) is 23.2 Å². The van der Waals surface area contributed by atoms with Gasteiger partial charge in [-0.1, -0.05) is 42.5 Å². The van der Waals surface area contributed by atoms with Crippen LogP contribution in [0.15, 0.2) is 59.7 Å². The van der Waals surface area contributed by atoms with Crippen LogP contribution in [0.3, 0.4) is 0 Å². The molecule has 2 aromatic rings. The SMILES string of the molecule is CN1CCC(=NNC(=O)c2ccc(-c3ccccc3)cc2)CC1. The molecule has 2 aromatic carbocycles. The average Bonchev–Trinajstić information content (AvgIpc) is 2.62. The third-order valence-corrected chi connectivity index (χ3v) is 4.13. The smallest absolute Gasteiger partial charge is 0.271 e. The minimum Gasteiger partial charge on any atom is -0.306 e. The molecule has 118 valence electrons. The standard InChI is InChI=1S/C19H21N3O/c1-22-13-11-18(12-14-22)20-21-19(23)17-9-7-16(8-10-17)15-5-3-2-4-6-15/h2-10H,11-14H2,1H3,(H,21,23). The Morgan fingerprint density at radius 2 is 1.57 bits per heavy atom. The normalized spacial score (nSPS) is 15.3. The van der Waals surface area contributed by atoms with E-state index in [2.05, 4.69) is 34.6 Å². The Morgan fingerprint density at radius 3 is 2.22 bits per heavy atom. The summed E-state index contributed by atoms with van der Waals surface area (Å²) in [6, 6.07) is 17.7. The fourth-order valence-electron chi connectivity index (χ4n) is 2.63. The Balaban J connectivity index is 1.63. The molecule has 1 saturated heterocycles. The van der Waals surface area contributed by atoms with Crippen molar-refractivity contribution >= 4 is 11.6 Å². The summed E-state index contributed by atoms with van der Waals surface area (Å²) in [5, 5.41) is 4.26. The summed E-state index contributed by atoms with van der Waals surface area (Å²) >= 11 is 0. The maximum Gasteiger partial charge on any atom is 0.271 e. The van der Waals surface area contributed by atoms with Gasteiger partial charge in [-0.05, 0) is 30.3 Å². The van der Waals surface area contributed by atoms with E-state index < -0.39 is 0 Å².